The van der Waals surface area contributed by atoms with E-state index in [0.29, 0.717) is 0 Å². The van der Waals surface area contributed by atoms with E-state index in [-0.39, 0.29) is 11.6 Å². The van der Waals surface area contributed by atoms with E-state index in [1.807, 2.05) is 24.4 Å². The molecule has 0 aliphatic rings. The molecule has 0 spiro atoms. The molecule has 2 rings (SSSR count). The molecular weight excluding hydrogens is 292 g/mol. The third kappa shape index (κ3) is 4.03. The van der Waals surface area contributed by atoms with Crippen molar-refractivity contribution in [2.45, 2.75) is 13.0 Å². The summed E-state index contributed by atoms with van der Waals surface area (Å²) in [6, 6.07) is 6.50. The molecule has 2 heterocycles. The normalized spacial score (nSPS) is 11.7. The highest BCUT2D eigenvalue weighted by Gasteiger charge is 2.15. The van der Waals surface area contributed by atoms with Gasteiger partial charge in [-0.1, -0.05) is 6.07 Å². The zero-order valence-corrected chi connectivity index (χ0v) is 12.1. The lowest BCUT2D eigenvalue weighted by Crippen LogP contribution is -2.31. The molecule has 0 aliphatic carbocycles. The standard InChI is InChI=1S/C14H14N2O4S/c1-9(11-5-3-7-21-11)16-12(17)8-20-14(19)10-4-2-6-15-13(10)18/h2-7,9H,8H2,1H3,(H,15,18)(H,16,17)/t9-/m1/s1. The van der Waals surface area contributed by atoms with Crippen LogP contribution in [-0.2, 0) is 9.53 Å². The molecule has 0 unspecified atom stereocenters. The van der Waals surface area contributed by atoms with Gasteiger partial charge in [0.05, 0.1) is 6.04 Å². The fourth-order valence-corrected chi connectivity index (χ4v) is 2.42. The topological polar surface area (TPSA) is 88.3 Å². The van der Waals surface area contributed by atoms with Gasteiger partial charge in [-0.3, -0.25) is 9.59 Å². The molecule has 0 bridgehead atoms. The number of rotatable bonds is 5. The second-order valence-corrected chi connectivity index (χ2v) is 5.27. The molecule has 7 heteroatoms. The van der Waals surface area contributed by atoms with Crippen molar-refractivity contribution in [3.8, 4) is 0 Å². The van der Waals surface area contributed by atoms with Crippen molar-refractivity contribution in [3.05, 3.63) is 56.6 Å². The maximum Gasteiger partial charge on any atom is 0.344 e. The first-order valence-corrected chi connectivity index (χ1v) is 7.13. The Labute approximate surface area is 124 Å². The number of thiophene rings is 1. The number of hydrogen-bond donors (Lipinski definition) is 2. The smallest absolute Gasteiger partial charge is 0.344 e. The van der Waals surface area contributed by atoms with E-state index in [1.54, 1.807) is 0 Å². The number of H-pyrrole nitrogens is 1. The van der Waals surface area contributed by atoms with Gasteiger partial charge in [0.1, 0.15) is 5.56 Å². The fraction of sp³-hybridized carbons (Fsp3) is 0.214. The Morgan fingerprint density at radius 2 is 2.19 bits per heavy atom. The maximum absolute atomic E-state index is 11.7. The lowest BCUT2D eigenvalue weighted by atomic mass is 10.3. The number of aromatic amines is 1. The van der Waals surface area contributed by atoms with Gasteiger partial charge in [-0.05, 0) is 30.5 Å². The summed E-state index contributed by atoms with van der Waals surface area (Å²) in [4.78, 5) is 38.1. The highest BCUT2D eigenvalue weighted by Crippen LogP contribution is 2.17. The lowest BCUT2D eigenvalue weighted by molar-refractivity contribution is -0.124. The predicted molar refractivity (Wildman–Crippen MR) is 78.2 cm³/mol. The third-order valence-electron chi connectivity index (χ3n) is 2.72. The first-order valence-electron chi connectivity index (χ1n) is 6.25. The van der Waals surface area contributed by atoms with Crippen LogP contribution in [0, 0.1) is 0 Å². The molecular formula is C14H14N2O4S. The monoisotopic (exact) mass is 306 g/mol. The van der Waals surface area contributed by atoms with Crippen LogP contribution in [0.5, 0.6) is 0 Å². The van der Waals surface area contributed by atoms with Gasteiger partial charge in [0.15, 0.2) is 6.61 Å². The zero-order valence-electron chi connectivity index (χ0n) is 11.3. The molecule has 21 heavy (non-hydrogen) atoms. The van der Waals surface area contributed by atoms with E-state index in [0.717, 1.165) is 4.88 Å². The van der Waals surface area contributed by atoms with Crippen LogP contribution in [0.4, 0.5) is 0 Å². The number of pyridine rings is 1. The number of nitrogens with one attached hydrogen (secondary N) is 2. The van der Waals surface area contributed by atoms with Gasteiger partial charge in [0, 0.05) is 11.1 Å². The van der Waals surface area contributed by atoms with Crippen LogP contribution in [0.25, 0.3) is 0 Å². The average molecular weight is 306 g/mol. The quantitative estimate of drug-likeness (QED) is 0.819. The largest absolute Gasteiger partial charge is 0.452 e. The van der Waals surface area contributed by atoms with Gasteiger partial charge in [-0.15, -0.1) is 11.3 Å². The predicted octanol–water partition coefficient (Wildman–Crippen LogP) is 1.47. The minimum Gasteiger partial charge on any atom is -0.452 e. The minimum atomic E-state index is -0.823. The summed E-state index contributed by atoms with van der Waals surface area (Å²) < 4.78 is 4.82. The number of esters is 1. The number of carbonyl (C=O) groups is 2. The molecule has 1 atom stereocenters. The molecule has 2 N–H and O–H groups in total. The second-order valence-electron chi connectivity index (χ2n) is 4.29. The summed E-state index contributed by atoms with van der Waals surface area (Å²) >= 11 is 1.53. The van der Waals surface area contributed by atoms with Crippen LogP contribution in [0.1, 0.15) is 28.2 Å². The number of hydrogen-bond acceptors (Lipinski definition) is 5. The van der Waals surface area contributed by atoms with E-state index in [9.17, 15) is 14.4 Å². The van der Waals surface area contributed by atoms with Gasteiger partial charge >= 0.3 is 5.97 Å². The molecule has 0 aliphatic heterocycles. The van der Waals surface area contributed by atoms with Crippen LogP contribution in [0.15, 0.2) is 40.6 Å². The Morgan fingerprint density at radius 3 is 2.86 bits per heavy atom. The molecule has 0 fully saturated rings. The number of aromatic nitrogens is 1. The summed E-state index contributed by atoms with van der Waals surface area (Å²) in [5, 5.41) is 4.63. The summed E-state index contributed by atoms with van der Waals surface area (Å²) in [6.07, 6.45) is 1.41. The first kappa shape index (κ1) is 15.0. The van der Waals surface area contributed by atoms with Crippen molar-refractivity contribution in [2.75, 3.05) is 6.61 Å². The Hall–Kier alpha value is -2.41. The zero-order chi connectivity index (χ0) is 15.2. The van der Waals surface area contributed by atoms with Gasteiger partial charge in [0.25, 0.3) is 11.5 Å². The van der Waals surface area contributed by atoms with E-state index >= 15 is 0 Å². The molecule has 2 aromatic rings. The van der Waals surface area contributed by atoms with Crippen molar-refractivity contribution in [1.29, 1.82) is 0 Å². The Kier molecular flexibility index (Phi) is 4.89. The van der Waals surface area contributed by atoms with Crippen LogP contribution < -0.4 is 10.9 Å². The van der Waals surface area contributed by atoms with Crippen molar-refractivity contribution >= 4 is 23.2 Å². The average Bonchev–Trinajstić information content (AvgIpc) is 2.99. The van der Waals surface area contributed by atoms with Crippen LogP contribution in [0.3, 0.4) is 0 Å². The third-order valence-corrected chi connectivity index (χ3v) is 3.77. The van der Waals surface area contributed by atoms with E-state index in [1.165, 1.54) is 29.7 Å². The van der Waals surface area contributed by atoms with Crippen molar-refractivity contribution in [1.82, 2.24) is 10.3 Å². The van der Waals surface area contributed by atoms with Gasteiger partial charge in [-0.25, -0.2) is 4.79 Å². The Balaban J connectivity index is 1.86. The van der Waals surface area contributed by atoms with Crippen molar-refractivity contribution in [3.63, 3.8) is 0 Å². The molecule has 0 radical (unpaired) electrons. The van der Waals surface area contributed by atoms with Crippen LogP contribution in [0.2, 0.25) is 0 Å². The lowest BCUT2D eigenvalue weighted by Gasteiger charge is -2.12. The molecule has 0 saturated carbocycles. The Morgan fingerprint density at radius 1 is 1.38 bits per heavy atom. The van der Waals surface area contributed by atoms with Crippen molar-refractivity contribution < 1.29 is 14.3 Å². The molecule has 0 aromatic carbocycles. The van der Waals surface area contributed by atoms with E-state index in [4.69, 9.17) is 4.74 Å². The molecule has 6 nitrogen and oxygen atoms in total. The van der Waals surface area contributed by atoms with E-state index in [2.05, 4.69) is 10.3 Å². The minimum absolute atomic E-state index is 0.128. The molecule has 110 valence electrons. The summed E-state index contributed by atoms with van der Waals surface area (Å²) in [7, 11) is 0. The van der Waals surface area contributed by atoms with Crippen molar-refractivity contribution in [2.24, 2.45) is 0 Å². The maximum atomic E-state index is 11.7. The number of amides is 1. The van der Waals surface area contributed by atoms with Gasteiger partial charge < -0.3 is 15.0 Å². The van der Waals surface area contributed by atoms with Crippen LogP contribution in [-0.4, -0.2) is 23.5 Å². The highest BCUT2D eigenvalue weighted by atomic mass is 32.1. The van der Waals surface area contributed by atoms with E-state index < -0.39 is 24.0 Å². The number of carbonyl (C=O) groups excluding carboxylic acids is 2. The molecule has 0 saturated heterocycles. The summed E-state index contributed by atoms with van der Waals surface area (Å²) in [6.45, 7) is 1.41. The van der Waals surface area contributed by atoms with Gasteiger partial charge in [0.2, 0.25) is 0 Å². The summed E-state index contributed by atoms with van der Waals surface area (Å²) in [5.74, 6) is -1.24. The highest BCUT2D eigenvalue weighted by molar-refractivity contribution is 7.10. The second kappa shape index (κ2) is 6.85. The fourth-order valence-electron chi connectivity index (χ4n) is 1.68. The van der Waals surface area contributed by atoms with Crippen LogP contribution >= 0.6 is 11.3 Å². The molecule has 1 amide bonds. The first-order chi connectivity index (χ1) is 10.1. The summed E-state index contributed by atoms with van der Waals surface area (Å²) in [5.41, 5.74) is -0.675. The number of ether oxygens (including phenoxy) is 1. The SMILES string of the molecule is C[C@@H](NC(=O)COC(=O)c1ccc[nH]c1=O)c1cccs1. The Bertz CT molecular complexity index is 678. The van der Waals surface area contributed by atoms with Gasteiger partial charge in [-0.2, -0.15) is 0 Å². The molecule has 2 aromatic heterocycles.